The van der Waals surface area contributed by atoms with Crippen LogP contribution in [0.1, 0.15) is 50.5 Å². The van der Waals surface area contributed by atoms with Crippen LogP contribution in [0, 0.1) is 6.92 Å². The molecule has 1 unspecified atom stereocenters. The second kappa shape index (κ2) is 12.8. The van der Waals surface area contributed by atoms with E-state index in [-0.39, 0.29) is 12.2 Å². The fourth-order valence-electron chi connectivity index (χ4n) is 4.52. The molecule has 1 aliphatic rings. The lowest BCUT2D eigenvalue weighted by Crippen LogP contribution is -2.70. The van der Waals surface area contributed by atoms with Gasteiger partial charge in [-0.15, -0.1) is 0 Å². The molecule has 0 saturated carbocycles. The number of aryl methyl sites for hydroxylation is 1. The molecule has 12 nitrogen and oxygen atoms in total. The van der Waals surface area contributed by atoms with Crippen LogP contribution < -0.4 is 4.74 Å². The van der Waals surface area contributed by atoms with E-state index in [1.54, 1.807) is 37.3 Å². The van der Waals surface area contributed by atoms with Gasteiger partial charge >= 0.3 is 29.8 Å². The van der Waals surface area contributed by atoms with Gasteiger partial charge in [0.2, 0.25) is 11.9 Å². The van der Waals surface area contributed by atoms with Gasteiger partial charge in [0.05, 0.1) is 5.56 Å². The Kier molecular flexibility index (Phi) is 9.71. The van der Waals surface area contributed by atoms with Gasteiger partial charge in [-0.3, -0.25) is 19.2 Å². The molecule has 5 atom stereocenters. The van der Waals surface area contributed by atoms with Crippen LogP contribution in [0.3, 0.4) is 0 Å². The lowest BCUT2D eigenvalue weighted by Gasteiger charge is -2.49. The maximum absolute atomic E-state index is 12.2. The number of carbonyl (C=O) groups is 5. The molecule has 220 valence electrons. The number of carboxylic acid groups (broad SMARTS) is 1. The predicted molar refractivity (Wildman–Crippen MR) is 141 cm³/mol. The van der Waals surface area contributed by atoms with E-state index in [2.05, 4.69) is 0 Å². The maximum Gasteiger partial charge on any atom is 0.335 e. The average molecular weight is 573 g/mol. The van der Waals surface area contributed by atoms with E-state index in [9.17, 15) is 29.1 Å². The zero-order chi connectivity index (χ0) is 30.5. The van der Waals surface area contributed by atoms with E-state index in [4.69, 9.17) is 28.4 Å². The Labute approximate surface area is 236 Å². The highest BCUT2D eigenvalue weighted by molar-refractivity contribution is 5.89. The Balaban J connectivity index is 2.04. The number of esters is 4. The smallest absolute Gasteiger partial charge is 0.335 e. The van der Waals surface area contributed by atoms with Crippen molar-refractivity contribution >= 4 is 29.8 Å². The summed E-state index contributed by atoms with van der Waals surface area (Å²) in [6.07, 6.45) is -5.34. The Morgan fingerprint density at radius 2 is 1.54 bits per heavy atom. The quantitative estimate of drug-likeness (QED) is 0.346. The summed E-state index contributed by atoms with van der Waals surface area (Å²) in [6.45, 7) is 7.36. The molecule has 2 aromatic rings. The summed E-state index contributed by atoms with van der Waals surface area (Å²) in [5, 5.41) is 9.33. The second-order valence-corrected chi connectivity index (χ2v) is 9.67. The Bertz CT molecular complexity index is 1330. The second-order valence-electron chi connectivity index (χ2n) is 9.67. The molecule has 0 bridgehead atoms. The summed E-state index contributed by atoms with van der Waals surface area (Å²) in [5.74, 6) is -3.66. The van der Waals surface area contributed by atoms with E-state index in [0.29, 0.717) is 22.4 Å². The number of carbonyl (C=O) groups excluding carboxylic acids is 4. The van der Waals surface area contributed by atoms with Gasteiger partial charge in [-0.1, -0.05) is 18.2 Å². The van der Waals surface area contributed by atoms with Crippen LogP contribution in [0.4, 0.5) is 0 Å². The summed E-state index contributed by atoms with van der Waals surface area (Å²) in [7, 11) is 0. The van der Waals surface area contributed by atoms with Gasteiger partial charge in [-0.2, -0.15) is 0 Å². The number of rotatable bonds is 9. The van der Waals surface area contributed by atoms with Crippen LogP contribution in [0.15, 0.2) is 42.5 Å². The fraction of sp³-hybridized carbons (Fsp3) is 0.414. The van der Waals surface area contributed by atoms with E-state index < -0.39 is 60.0 Å². The van der Waals surface area contributed by atoms with Crippen LogP contribution in [0.2, 0.25) is 0 Å². The van der Waals surface area contributed by atoms with Crippen LogP contribution in [0.5, 0.6) is 5.75 Å². The summed E-state index contributed by atoms with van der Waals surface area (Å²) < 4.78 is 33.9. The minimum Gasteiger partial charge on any atom is -0.478 e. The number of carboxylic acids is 1. The van der Waals surface area contributed by atoms with Crippen LogP contribution in [-0.2, 0) is 42.9 Å². The highest BCUT2D eigenvalue weighted by Crippen LogP contribution is 2.39. The molecule has 0 radical (unpaired) electrons. The topological polar surface area (TPSA) is 161 Å². The third-order valence-electron chi connectivity index (χ3n) is 6.26. The van der Waals surface area contributed by atoms with Gasteiger partial charge < -0.3 is 33.5 Å². The van der Waals surface area contributed by atoms with Crippen LogP contribution in [-0.4, -0.2) is 71.8 Å². The monoisotopic (exact) mass is 572 g/mol. The van der Waals surface area contributed by atoms with Gasteiger partial charge in [0.25, 0.3) is 0 Å². The molecule has 12 heteroatoms. The minimum atomic E-state index is -1.83. The van der Waals surface area contributed by atoms with Crippen molar-refractivity contribution in [1.82, 2.24) is 0 Å². The van der Waals surface area contributed by atoms with Gasteiger partial charge in [0.15, 0.2) is 12.2 Å². The Morgan fingerprint density at radius 3 is 2.10 bits per heavy atom. The van der Waals surface area contributed by atoms with Gasteiger partial charge in [-0.25, -0.2) is 4.79 Å². The first-order valence-electron chi connectivity index (χ1n) is 12.6. The summed E-state index contributed by atoms with van der Waals surface area (Å²) in [6, 6.07) is 11.5. The third-order valence-corrected chi connectivity index (χ3v) is 6.26. The molecule has 2 aromatic carbocycles. The Morgan fingerprint density at radius 1 is 0.878 bits per heavy atom. The summed E-state index contributed by atoms with van der Waals surface area (Å²) in [5.41, 5.74) is 0.292. The average Bonchev–Trinajstić information content (AvgIpc) is 2.87. The molecular formula is C29H32O12. The summed E-state index contributed by atoms with van der Waals surface area (Å²) >= 11 is 0. The highest BCUT2D eigenvalue weighted by atomic mass is 16.7. The lowest BCUT2D eigenvalue weighted by molar-refractivity contribution is -0.321. The largest absolute Gasteiger partial charge is 0.478 e. The zero-order valence-corrected chi connectivity index (χ0v) is 23.5. The standard InChI is InChI=1S/C29H32O12/c1-15-12-21(20-8-7-9-22(13-20)27(34)35)10-11-23(15)39-28-29(6,41-19(5)33)26(38-18(4)32)25(37-17(3)31)24(40-28)14-36-16(2)30/h7-13,24-26,28H,14H2,1-6H3,(H,34,35)/t24-,25?,26+,28+,29+/m1/s1. The molecule has 1 heterocycles. The van der Waals surface area contributed by atoms with Crippen molar-refractivity contribution in [3.8, 4) is 16.9 Å². The molecular weight excluding hydrogens is 540 g/mol. The molecule has 0 aliphatic carbocycles. The first-order chi connectivity index (χ1) is 19.2. The number of benzene rings is 2. The van der Waals surface area contributed by atoms with Crippen molar-refractivity contribution in [2.45, 2.75) is 71.7 Å². The Hall–Kier alpha value is -4.45. The molecule has 3 rings (SSSR count). The fourth-order valence-corrected chi connectivity index (χ4v) is 4.52. The molecule has 0 aromatic heterocycles. The van der Waals surface area contributed by atoms with Crippen molar-refractivity contribution in [3.63, 3.8) is 0 Å². The van der Waals surface area contributed by atoms with E-state index in [1.807, 2.05) is 0 Å². The molecule has 0 spiro atoms. The van der Waals surface area contributed by atoms with E-state index in [0.717, 1.165) is 20.8 Å². The van der Waals surface area contributed by atoms with E-state index in [1.165, 1.54) is 26.0 Å². The van der Waals surface area contributed by atoms with E-state index >= 15 is 0 Å². The number of ether oxygens (including phenoxy) is 6. The van der Waals surface area contributed by atoms with Crippen molar-refractivity contribution in [2.24, 2.45) is 0 Å². The van der Waals surface area contributed by atoms with Crippen LogP contribution in [0.25, 0.3) is 11.1 Å². The van der Waals surface area contributed by atoms with Crippen molar-refractivity contribution in [1.29, 1.82) is 0 Å². The molecule has 1 N–H and O–H groups in total. The van der Waals surface area contributed by atoms with Gasteiger partial charge in [0.1, 0.15) is 18.5 Å². The van der Waals surface area contributed by atoms with Gasteiger partial charge in [0, 0.05) is 27.7 Å². The first kappa shape index (κ1) is 31.1. The molecule has 1 fully saturated rings. The number of aromatic carboxylic acids is 1. The third kappa shape index (κ3) is 7.60. The predicted octanol–water partition coefficient (Wildman–Crippen LogP) is 3.21. The normalized spacial score (nSPS) is 23.6. The molecule has 0 amide bonds. The number of hydrogen-bond acceptors (Lipinski definition) is 11. The van der Waals surface area contributed by atoms with Crippen molar-refractivity contribution in [3.05, 3.63) is 53.6 Å². The summed E-state index contributed by atoms with van der Waals surface area (Å²) in [4.78, 5) is 59.3. The van der Waals surface area contributed by atoms with Crippen molar-refractivity contribution in [2.75, 3.05) is 6.61 Å². The lowest BCUT2D eigenvalue weighted by atomic mass is 9.87. The zero-order valence-electron chi connectivity index (χ0n) is 23.5. The minimum absolute atomic E-state index is 0.130. The van der Waals surface area contributed by atoms with Crippen molar-refractivity contribution < 1.29 is 57.5 Å². The highest BCUT2D eigenvalue weighted by Gasteiger charge is 2.61. The molecule has 41 heavy (non-hydrogen) atoms. The van der Waals surface area contributed by atoms with Crippen LogP contribution >= 0.6 is 0 Å². The molecule has 1 aliphatic heterocycles. The SMILES string of the molecule is CC(=O)OC[C@H]1O[C@H](Oc2ccc(-c3cccc(C(=O)O)c3)cc2C)[C@@](C)(OC(C)=O)[C@@H](OC(C)=O)C1OC(C)=O. The number of hydrogen-bond donors (Lipinski definition) is 1. The maximum atomic E-state index is 12.2. The molecule has 1 saturated heterocycles. The first-order valence-corrected chi connectivity index (χ1v) is 12.6. The van der Waals surface area contributed by atoms with Gasteiger partial charge in [-0.05, 0) is 54.8 Å².